The normalized spacial score (nSPS) is 10.4. The summed E-state index contributed by atoms with van der Waals surface area (Å²) in [6, 6.07) is 4.07. The molecule has 0 spiro atoms. The second kappa shape index (κ2) is 4.56. The number of phenols is 1. The summed E-state index contributed by atoms with van der Waals surface area (Å²) in [7, 11) is 0. The van der Waals surface area contributed by atoms with E-state index in [0.717, 1.165) is 0 Å². The molecule has 4 N–H and O–H groups in total. The second-order valence-electron chi connectivity index (χ2n) is 4.16. The van der Waals surface area contributed by atoms with E-state index in [1.165, 1.54) is 18.2 Å². The number of aromatic hydroxyl groups is 1. The minimum absolute atomic E-state index is 0.0179. The zero-order valence-corrected chi connectivity index (χ0v) is 10.5. The van der Waals surface area contributed by atoms with E-state index in [0.29, 0.717) is 22.5 Å². The third-order valence-corrected chi connectivity index (χ3v) is 2.79. The van der Waals surface area contributed by atoms with Crippen molar-refractivity contribution in [3.8, 4) is 16.9 Å². The van der Waals surface area contributed by atoms with Crippen LogP contribution in [0, 0.1) is 13.8 Å². The first-order valence-corrected chi connectivity index (χ1v) is 5.57. The first-order valence-electron chi connectivity index (χ1n) is 5.57. The van der Waals surface area contributed by atoms with Gasteiger partial charge >= 0.3 is 5.97 Å². The molecule has 0 saturated heterocycles. The Morgan fingerprint density at radius 2 is 1.79 bits per heavy atom. The molecule has 6 nitrogen and oxygen atoms in total. The summed E-state index contributed by atoms with van der Waals surface area (Å²) in [4.78, 5) is 19.3. The molecule has 0 aliphatic rings. The molecule has 1 aromatic heterocycles. The molecule has 2 rings (SSSR count). The highest BCUT2D eigenvalue weighted by atomic mass is 16.4. The lowest BCUT2D eigenvalue weighted by Crippen LogP contribution is -2.05. The monoisotopic (exact) mass is 259 g/mol. The molecule has 0 fully saturated rings. The Labute approximate surface area is 109 Å². The molecule has 0 unspecified atom stereocenters. The first kappa shape index (κ1) is 12.8. The van der Waals surface area contributed by atoms with Crippen LogP contribution in [0.5, 0.6) is 5.75 Å². The second-order valence-corrected chi connectivity index (χ2v) is 4.16. The number of nitrogens with zero attached hydrogens (tertiary/aromatic N) is 2. The van der Waals surface area contributed by atoms with Crippen LogP contribution >= 0.6 is 0 Å². The zero-order valence-electron chi connectivity index (χ0n) is 10.5. The quantitative estimate of drug-likeness (QED) is 0.757. The van der Waals surface area contributed by atoms with Gasteiger partial charge in [-0.15, -0.1) is 0 Å². The Morgan fingerprint density at radius 3 is 2.32 bits per heavy atom. The van der Waals surface area contributed by atoms with Crippen LogP contribution in [0.1, 0.15) is 21.7 Å². The Hall–Kier alpha value is -2.63. The Bertz CT molecular complexity index is 645. The van der Waals surface area contributed by atoms with Gasteiger partial charge in [0.15, 0.2) is 0 Å². The van der Waals surface area contributed by atoms with Gasteiger partial charge in [-0.1, -0.05) is 0 Å². The minimum Gasteiger partial charge on any atom is -0.508 e. The number of benzene rings is 1. The summed E-state index contributed by atoms with van der Waals surface area (Å²) in [5.41, 5.74) is 7.71. The Balaban J connectivity index is 2.78. The molecule has 0 atom stereocenters. The van der Waals surface area contributed by atoms with Crippen LogP contribution in [0.3, 0.4) is 0 Å². The van der Waals surface area contributed by atoms with Gasteiger partial charge in [-0.25, -0.2) is 14.8 Å². The van der Waals surface area contributed by atoms with Crippen LogP contribution < -0.4 is 5.73 Å². The largest absolute Gasteiger partial charge is 0.508 e. The smallest absolute Gasteiger partial charge is 0.336 e. The van der Waals surface area contributed by atoms with Crippen molar-refractivity contribution in [2.24, 2.45) is 0 Å². The fraction of sp³-hybridized carbons (Fsp3) is 0.154. The number of hydrogen-bond acceptors (Lipinski definition) is 5. The maximum Gasteiger partial charge on any atom is 0.336 e. The number of rotatable bonds is 2. The van der Waals surface area contributed by atoms with Crippen LogP contribution in [0.2, 0.25) is 0 Å². The van der Waals surface area contributed by atoms with Crippen LogP contribution in [0.15, 0.2) is 18.2 Å². The summed E-state index contributed by atoms with van der Waals surface area (Å²) in [6.45, 7) is 3.44. The van der Waals surface area contributed by atoms with E-state index < -0.39 is 5.97 Å². The van der Waals surface area contributed by atoms with E-state index >= 15 is 0 Å². The number of aromatic carboxylic acids is 1. The maximum atomic E-state index is 11.2. The fourth-order valence-electron chi connectivity index (χ4n) is 2.06. The average Bonchev–Trinajstić information content (AvgIpc) is 2.27. The van der Waals surface area contributed by atoms with E-state index in [1.807, 2.05) is 0 Å². The van der Waals surface area contributed by atoms with Crippen molar-refractivity contribution in [1.29, 1.82) is 0 Å². The summed E-state index contributed by atoms with van der Waals surface area (Å²) in [6.07, 6.45) is 0. The van der Waals surface area contributed by atoms with Gasteiger partial charge in [-0.3, -0.25) is 0 Å². The standard InChI is InChI=1S/C13H13N3O3/c1-6-11(7(2)16-13(14)15-6)10-5-8(17)3-4-9(10)12(18)19/h3-5,17H,1-2H3,(H,18,19)(H2,14,15,16). The third kappa shape index (κ3) is 2.33. The molecule has 0 amide bonds. The highest BCUT2D eigenvalue weighted by Gasteiger charge is 2.17. The molecule has 0 aliphatic carbocycles. The number of aromatic nitrogens is 2. The van der Waals surface area contributed by atoms with E-state index in [2.05, 4.69) is 9.97 Å². The molecule has 19 heavy (non-hydrogen) atoms. The fourth-order valence-corrected chi connectivity index (χ4v) is 2.06. The summed E-state index contributed by atoms with van der Waals surface area (Å²) in [5.74, 6) is -0.961. The van der Waals surface area contributed by atoms with Crippen molar-refractivity contribution in [2.75, 3.05) is 5.73 Å². The maximum absolute atomic E-state index is 11.2. The summed E-state index contributed by atoms with van der Waals surface area (Å²) in [5, 5.41) is 18.8. The van der Waals surface area contributed by atoms with E-state index in [-0.39, 0.29) is 17.3 Å². The summed E-state index contributed by atoms with van der Waals surface area (Å²) >= 11 is 0. The number of hydrogen-bond donors (Lipinski definition) is 3. The van der Waals surface area contributed by atoms with Crippen LogP contribution in [0.25, 0.3) is 11.1 Å². The lowest BCUT2D eigenvalue weighted by molar-refractivity contribution is 0.0698. The molecule has 6 heteroatoms. The molecule has 0 saturated carbocycles. The van der Waals surface area contributed by atoms with Gasteiger partial charge in [0.05, 0.1) is 17.0 Å². The SMILES string of the molecule is Cc1nc(N)nc(C)c1-c1cc(O)ccc1C(=O)O. The average molecular weight is 259 g/mol. The lowest BCUT2D eigenvalue weighted by Gasteiger charge is -2.12. The molecule has 1 aromatic carbocycles. The van der Waals surface area contributed by atoms with Crippen molar-refractivity contribution in [3.63, 3.8) is 0 Å². The topological polar surface area (TPSA) is 109 Å². The molecule has 2 aromatic rings. The van der Waals surface area contributed by atoms with Crippen LogP contribution in [-0.2, 0) is 0 Å². The lowest BCUT2D eigenvalue weighted by atomic mass is 9.97. The Kier molecular flexibility index (Phi) is 3.08. The molecule has 0 aliphatic heterocycles. The van der Waals surface area contributed by atoms with Crippen molar-refractivity contribution in [2.45, 2.75) is 13.8 Å². The third-order valence-electron chi connectivity index (χ3n) is 2.79. The predicted molar refractivity (Wildman–Crippen MR) is 70.0 cm³/mol. The number of aryl methyl sites for hydroxylation is 2. The highest BCUT2D eigenvalue weighted by Crippen LogP contribution is 2.31. The zero-order chi connectivity index (χ0) is 14.2. The van der Waals surface area contributed by atoms with Gasteiger partial charge in [0.2, 0.25) is 5.95 Å². The van der Waals surface area contributed by atoms with Gasteiger partial charge in [-0.05, 0) is 32.0 Å². The van der Waals surface area contributed by atoms with Crippen molar-refractivity contribution >= 4 is 11.9 Å². The first-order chi connectivity index (χ1) is 8.90. The number of phenolic OH excluding ortho intramolecular Hbond substituents is 1. The number of carboxylic acids is 1. The molecule has 0 radical (unpaired) electrons. The minimum atomic E-state index is -1.08. The van der Waals surface area contributed by atoms with Crippen molar-refractivity contribution < 1.29 is 15.0 Å². The van der Waals surface area contributed by atoms with Gasteiger partial charge < -0.3 is 15.9 Å². The highest BCUT2D eigenvalue weighted by molar-refractivity contribution is 5.97. The molecule has 0 bridgehead atoms. The van der Waals surface area contributed by atoms with E-state index in [9.17, 15) is 15.0 Å². The molecule has 98 valence electrons. The Morgan fingerprint density at radius 1 is 1.21 bits per heavy atom. The number of nitrogen functional groups attached to an aromatic ring is 1. The number of carboxylic acid groups (broad SMARTS) is 1. The van der Waals surface area contributed by atoms with Gasteiger partial charge in [0.1, 0.15) is 5.75 Å². The van der Waals surface area contributed by atoms with E-state index in [4.69, 9.17) is 5.73 Å². The number of carbonyl (C=O) groups is 1. The van der Waals surface area contributed by atoms with Crippen LogP contribution in [0.4, 0.5) is 5.95 Å². The van der Waals surface area contributed by atoms with Gasteiger partial charge in [-0.2, -0.15) is 0 Å². The van der Waals surface area contributed by atoms with Crippen molar-refractivity contribution in [3.05, 3.63) is 35.2 Å². The molecule has 1 heterocycles. The number of nitrogens with two attached hydrogens (primary N) is 1. The molecular weight excluding hydrogens is 246 g/mol. The van der Waals surface area contributed by atoms with Crippen LogP contribution in [-0.4, -0.2) is 26.2 Å². The van der Waals surface area contributed by atoms with E-state index in [1.54, 1.807) is 13.8 Å². The molecular formula is C13H13N3O3. The van der Waals surface area contributed by atoms with Gasteiger partial charge in [0.25, 0.3) is 0 Å². The van der Waals surface area contributed by atoms with Crippen molar-refractivity contribution in [1.82, 2.24) is 9.97 Å². The summed E-state index contributed by atoms with van der Waals surface area (Å²) < 4.78 is 0. The predicted octanol–water partition coefficient (Wildman–Crippen LogP) is 1.75. The number of anilines is 1. The van der Waals surface area contributed by atoms with Gasteiger partial charge in [0, 0.05) is 11.1 Å².